The molecule has 0 fully saturated rings. The van der Waals surface area contributed by atoms with Crippen LogP contribution < -0.4 is 5.32 Å². The van der Waals surface area contributed by atoms with Crippen LogP contribution in [-0.2, 0) is 19.6 Å². The summed E-state index contributed by atoms with van der Waals surface area (Å²) in [6.07, 6.45) is 1.15. The van der Waals surface area contributed by atoms with Crippen LogP contribution in [0.4, 0.5) is 0 Å². The number of nitrogens with one attached hydrogen (secondary N) is 1. The van der Waals surface area contributed by atoms with Gasteiger partial charge in [-0.1, -0.05) is 19.9 Å². The normalized spacial score (nSPS) is 11.4. The number of hydrogen-bond acceptors (Lipinski definition) is 4. The number of thiophene rings is 1. The van der Waals surface area contributed by atoms with E-state index in [1.54, 1.807) is 0 Å². The first-order valence-corrected chi connectivity index (χ1v) is 8.64. The minimum atomic E-state index is 0.830. The van der Waals surface area contributed by atoms with E-state index in [9.17, 15) is 0 Å². The van der Waals surface area contributed by atoms with E-state index in [-0.39, 0.29) is 0 Å². The van der Waals surface area contributed by atoms with Gasteiger partial charge in [-0.3, -0.25) is 4.90 Å². The highest BCUT2D eigenvalue weighted by atomic mass is 32.1. The third kappa shape index (κ3) is 4.99. The maximum atomic E-state index is 6.01. The summed E-state index contributed by atoms with van der Waals surface area (Å²) in [5, 5.41) is 5.54. The molecule has 0 aromatic carbocycles. The standard InChI is InChI=1S/C17H26N2OS/c1-4-8-18-11-17-14(3)10-15(20-17)12-19(5-2)13-16-7-6-9-21-16/h6-7,9-10,18H,4-5,8,11-13H2,1-3H3. The van der Waals surface area contributed by atoms with Crippen molar-refractivity contribution in [1.29, 1.82) is 0 Å². The fraction of sp³-hybridized carbons (Fsp3) is 0.529. The molecule has 4 heteroatoms. The lowest BCUT2D eigenvalue weighted by Gasteiger charge is -2.18. The van der Waals surface area contributed by atoms with Gasteiger partial charge >= 0.3 is 0 Å². The van der Waals surface area contributed by atoms with E-state index in [2.05, 4.69) is 54.6 Å². The second kappa shape index (κ2) is 8.37. The van der Waals surface area contributed by atoms with Crippen LogP contribution in [0.1, 0.15) is 42.2 Å². The minimum absolute atomic E-state index is 0.830. The Balaban J connectivity index is 1.92. The largest absolute Gasteiger partial charge is 0.463 e. The van der Waals surface area contributed by atoms with Gasteiger partial charge in [-0.25, -0.2) is 0 Å². The Morgan fingerprint density at radius 3 is 2.81 bits per heavy atom. The highest BCUT2D eigenvalue weighted by molar-refractivity contribution is 7.09. The van der Waals surface area contributed by atoms with E-state index < -0.39 is 0 Å². The quantitative estimate of drug-likeness (QED) is 0.705. The third-order valence-electron chi connectivity index (χ3n) is 3.57. The summed E-state index contributed by atoms with van der Waals surface area (Å²) in [6.45, 7) is 11.3. The van der Waals surface area contributed by atoms with Crippen LogP contribution in [0.15, 0.2) is 28.0 Å². The number of rotatable bonds is 9. The third-order valence-corrected chi connectivity index (χ3v) is 4.43. The predicted octanol–water partition coefficient (Wildman–Crippen LogP) is 4.17. The van der Waals surface area contributed by atoms with Gasteiger partial charge in [0.05, 0.1) is 13.1 Å². The summed E-state index contributed by atoms with van der Waals surface area (Å²) >= 11 is 1.82. The molecule has 0 radical (unpaired) electrons. The van der Waals surface area contributed by atoms with Crippen molar-refractivity contribution >= 4 is 11.3 Å². The molecule has 21 heavy (non-hydrogen) atoms. The number of aryl methyl sites for hydroxylation is 1. The summed E-state index contributed by atoms with van der Waals surface area (Å²) in [5.74, 6) is 2.14. The van der Waals surface area contributed by atoms with Crippen LogP contribution in [-0.4, -0.2) is 18.0 Å². The van der Waals surface area contributed by atoms with E-state index >= 15 is 0 Å². The Bertz CT molecular complexity index is 519. The zero-order valence-corrected chi connectivity index (χ0v) is 14.1. The average molecular weight is 306 g/mol. The van der Waals surface area contributed by atoms with Gasteiger partial charge in [0.15, 0.2) is 0 Å². The van der Waals surface area contributed by atoms with Crippen LogP contribution in [0.3, 0.4) is 0 Å². The first-order valence-electron chi connectivity index (χ1n) is 7.76. The smallest absolute Gasteiger partial charge is 0.120 e. The van der Waals surface area contributed by atoms with Crippen molar-refractivity contribution in [2.24, 2.45) is 0 Å². The van der Waals surface area contributed by atoms with E-state index in [4.69, 9.17) is 4.42 Å². The summed E-state index contributed by atoms with van der Waals surface area (Å²) in [5.41, 5.74) is 1.25. The van der Waals surface area contributed by atoms with Gasteiger partial charge in [-0.2, -0.15) is 0 Å². The Hall–Kier alpha value is -1.10. The molecule has 0 aliphatic heterocycles. The Morgan fingerprint density at radius 2 is 2.14 bits per heavy atom. The van der Waals surface area contributed by atoms with E-state index in [1.807, 2.05) is 11.3 Å². The topological polar surface area (TPSA) is 28.4 Å². The van der Waals surface area contributed by atoms with Crippen LogP contribution in [0.25, 0.3) is 0 Å². The van der Waals surface area contributed by atoms with E-state index in [1.165, 1.54) is 10.4 Å². The summed E-state index contributed by atoms with van der Waals surface area (Å²) < 4.78 is 6.01. The number of furan rings is 1. The highest BCUT2D eigenvalue weighted by Crippen LogP contribution is 2.18. The molecule has 2 aromatic rings. The Morgan fingerprint density at radius 1 is 1.29 bits per heavy atom. The van der Waals surface area contributed by atoms with Crippen LogP contribution in [0.5, 0.6) is 0 Å². The van der Waals surface area contributed by atoms with Crippen molar-refractivity contribution in [1.82, 2.24) is 10.2 Å². The zero-order chi connectivity index (χ0) is 15.1. The Labute approximate surface area is 132 Å². The lowest BCUT2D eigenvalue weighted by Crippen LogP contribution is -2.21. The maximum Gasteiger partial charge on any atom is 0.120 e. The van der Waals surface area contributed by atoms with Gasteiger partial charge in [0.25, 0.3) is 0 Å². The van der Waals surface area contributed by atoms with Crippen LogP contribution >= 0.6 is 11.3 Å². The molecule has 1 N–H and O–H groups in total. The monoisotopic (exact) mass is 306 g/mol. The second-order valence-corrected chi connectivity index (χ2v) is 6.41. The highest BCUT2D eigenvalue weighted by Gasteiger charge is 2.11. The van der Waals surface area contributed by atoms with Crippen molar-refractivity contribution in [2.45, 2.75) is 46.8 Å². The van der Waals surface area contributed by atoms with Crippen molar-refractivity contribution in [3.8, 4) is 0 Å². The van der Waals surface area contributed by atoms with E-state index in [0.29, 0.717) is 0 Å². The molecule has 3 nitrogen and oxygen atoms in total. The number of hydrogen-bond donors (Lipinski definition) is 1. The zero-order valence-electron chi connectivity index (χ0n) is 13.3. The SMILES string of the molecule is CCCNCc1oc(CN(CC)Cc2cccs2)cc1C. The van der Waals surface area contributed by atoms with Crippen molar-refractivity contribution in [3.05, 3.63) is 45.5 Å². The lowest BCUT2D eigenvalue weighted by atomic mass is 10.2. The molecule has 2 rings (SSSR count). The van der Waals surface area contributed by atoms with Gasteiger partial charge in [-0.15, -0.1) is 11.3 Å². The van der Waals surface area contributed by atoms with Gasteiger partial charge < -0.3 is 9.73 Å². The molecule has 2 heterocycles. The molecule has 0 atom stereocenters. The molecule has 0 bridgehead atoms. The van der Waals surface area contributed by atoms with Crippen molar-refractivity contribution in [3.63, 3.8) is 0 Å². The second-order valence-electron chi connectivity index (χ2n) is 5.38. The summed E-state index contributed by atoms with van der Waals surface area (Å²) in [7, 11) is 0. The fourth-order valence-electron chi connectivity index (χ4n) is 2.35. The number of nitrogens with zero attached hydrogens (tertiary/aromatic N) is 1. The molecule has 2 aromatic heterocycles. The van der Waals surface area contributed by atoms with Gasteiger partial charge in [-0.05, 0) is 49.5 Å². The van der Waals surface area contributed by atoms with Crippen molar-refractivity contribution < 1.29 is 4.42 Å². The van der Waals surface area contributed by atoms with Gasteiger partial charge in [0.2, 0.25) is 0 Å². The molecular formula is C17H26N2OS. The first-order chi connectivity index (χ1) is 10.2. The van der Waals surface area contributed by atoms with Crippen molar-refractivity contribution in [2.75, 3.05) is 13.1 Å². The molecule has 116 valence electrons. The molecule has 0 aliphatic carbocycles. The van der Waals surface area contributed by atoms with Gasteiger partial charge in [0, 0.05) is 11.4 Å². The Kier molecular flexibility index (Phi) is 6.49. The summed E-state index contributed by atoms with van der Waals surface area (Å²) in [4.78, 5) is 3.82. The van der Waals surface area contributed by atoms with Crippen LogP contribution in [0.2, 0.25) is 0 Å². The molecule has 0 aliphatic rings. The van der Waals surface area contributed by atoms with Crippen LogP contribution in [0, 0.1) is 6.92 Å². The minimum Gasteiger partial charge on any atom is -0.463 e. The molecule has 0 saturated heterocycles. The molecule has 0 unspecified atom stereocenters. The van der Waals surface area contributed by atoms with E-state index in [0.717, 1.165) is 50.7 Å². The average Bonchev–Trinajstić information content (AvgIpc) is 3.09. The predicted molar refractivity (Wildman–Crippen MR) is 89.5 cm³/mol. The molecular weight excluding hydrogens is 280 g/mol. The van der Waals surface area contributed by atoms with Gasteiger partial charge in [0.1, 0.15) is 11.5 Å². The molecule has 0 spiro atoms. The molecule has 0 amide bonds. The molecule has 0 saturated carbocycles. The fourth-order valence-corrected chi connectivity index (χ4v) is 3.09. The first kappa shape index (κ1) is 16.3. The lowest BCUT2D eigenvalue weighted by molar-refractivity contribution is 0.246. The summed E-state index contributed by atoms with van der Waals surface area (Å²) in [6, 6.07) is 6.49. The maximum absolute atomic E-state index is 6.01.